The van der Waals surface area contributed by atoms with Crippen molar-refractivity contribution < 1.29 is 4.74 Å². The van der Waals surface area contributed by atoms with Crippen molar-refractivity contribution in [1.82, 2.24) is 0 Å². The van der Waals surface area contributed by atoms with Gasteiger partial charge in [-0.1, -0.05) is 27.7 Å². The Bertz CT molecular complexity index is 224. The van der Waals surface area contributed by atoms with Gasteiger partial charge in [-0.15, -0.1) is 0 Å². The minimum Gasteiger partial charge on any atom is -0.385 e. The minimum atomic E-state index is 0.0558. The highest BCUT2D eigenvalue weighted by Crippen LogP contribution is 2.43. The van der Waals surface area contributed by atoms with Gasteiger partial charge >= 0.3 is 0 Å². The summed E-state index contributed by atoms with van der Waals surface area (Å²) in [4.78, 5) is 0. The van der Waals surface area contributed by atoms with Crippen LogP contribution in [-0.2, 0) is 4.74 Å². The Hall–Kier alpha value is -0.0800. The highest BCUT2D eigenvalue weighted by Gasteiger charge is 2.39. The first kappa shape index (κ1) is 15.0. The van der Waals surface area contributed by atoms with Crippen molar-refractivity contribution in [2.75, 3.05) is 13.7 Å². The average Bonchev–Trinajstić information content (AvgIpc) is 2.25. The van der Waals surface area contributed by atoms with Crippen LogP contribution in [0.25, 0.3) is 0 Å². The van der Waals surface area contributed by atoms with E-state index in [0.29, 0.717) is 11.3 Å². The molecule has 1 saturated carbocycles. The molecule has 102 valence electrons. The molecule has 2 nitrogen and oxygen atoms in total. The van der Waals surface area contributed by atoms with Gasteiger partial charge < -0.3 is 10.5 Å². The molecule has 0 spiro atoms. The molecule has 2 heteroatoms. The number of methoxy groups -OCH3 is 1. The molecule has 1 fully saturated rings. The lowest BCUT2D eigenvalue weighted by Gasteiger charge is -2.45. The molecule has 1 aliphatic carbocycles. The number of rotatable bonds is 4. The fourth-order valence-corrected chi connectivity index (χ4v) is 3.10. The lowest BCUT2D eigenvalue weighted by Crippen LogP contribution is -2.50. The molecular formula is C15H31NO. The Balaban J connectivity index is 2.48. The Morgan fingerprint density at radius 1 is 1.29 bits per heavy atom. The second-order valence-corrected chi connectivity index (χ2v) is 7.06. The Morgan fingerprint density at radius 2 is 1.82 bits per heavy atom. The van der Waals surface area contributed by atoms with Gasteiger partial charge in [-0.25, -0.2) is 0 Å². The Kier molecular flexibility index (Phi) is 5.03. The molecule has 0 aromatic carbocycles. The van der Waals surface area contributed by atoms with E-state index in [-0.39, 0.29) is 5.54 Å². The molecule has 0 saturated heterocycles. The molecule has 1 unspecified atom stereocenters. The number of ether oxygens (including phenoxy) is 1. The fourth-order valence-electron chi connectivity index (χ4n) is 3.10. The van der Waals surface area contributed by atoms with Gasteiger partial charge in [-0.2, -0.15) is 0 Å². The molecule has 2 N–H and O–H groups in total. The molecule has 0 radical (unpaired) electrons. The summed E-state index contributed by atoms with van der Waals surface area (Å²) in [5.74, 6) is 1.41. The van der Waals surface area contributed by atoms with Crippen LogP contribution < -0.4 is 5.73 Å². The van der Waals surface area contributed by atoms with Gasteiger partial charge in [0, 0.05) is 19.3 Å². The highest BCUT2D eigenvalue weighted by atomic mass is 16.5. The fraction of sp³-hybridized carbons (Fsp3) is 1.00. The highest BCUT2D eigenvalue weighted by molar-refractivity contribution is 4.95. The standard InChI is InChI=1S/C15H31NO/c1-12(8-11-17-5)15(16)9-6-13(7-10-15)14(2,3)4/h12-13H,6-11,16H2,1-5H3. The molecule has 0 aromatic heterocycles. The van der Waals surface area contributed by atoms with Crippen LogP contribution in [0.15, 0.2) is 0 Å². The van der Waals surface area contributed by atoms with Crippen molar-refractivity contribution in [2.45, 2.75) is 65.3 Å². The van der Waals surface area contributed by atoms with E-state index < -0.39 is 0 Å². The third-order valence-corrected chi connectivity index (χ3v) is 4.88. The minimum absolute atomic E-state index is 0.0558. The first-order valence-corrected chi connectivity index (χ1v) is 7.07. The smallest absolute Gasteiger partial charge is 0.0465 e. The normalized spacial score (nSPS) is 32.5. The summed E-state index contributed by atoms with van der Waals surface area (Å²) in [7, 11) is 1.77. The molecular weight excluding hydrogens is 210 g/mol. The van der Waals surface area contributed by atoms with E-state index in [2.05, 4.69) is 27.7 Å². The van der Waals surface area contributed by atoms with Crippen LogP contribution in [0, 0.1) is 17.3 Å². The van der Waals surface area contributed by atoms with Gasteiger partial charge in [0.25, 0.3) is 0 Å². The zero-order chi connectivity index (χ0) is 13.1. The zero-order valence-corrected chi connectivity index (χ0v) is 12.4. The number of hydrogen-bond acceptors (Lipinski definition) is 2. The molecule has 1 rings (SSSR count). The first-order valence-electron chi connectivity index (χ1n) is 7.07. The van der Waals surface area contributed by atoms with Crippen LogP contribution in [0.4, 0.5) is 0 Å². The van der Waals surface area contributed by atoms with E-state index in [9.17, 15) is 0 Å². The maximum atomic E-state index is 6.59. The van der Waals surface area contributed by atoms with Gasteiger partial charge in [0.05, 0.1) is 0 Å². The maximum Gasteiger partial charge on any atom is 0.0465 e. The van der Waals surface area contributed by atoms with Crippen LogP contribution in [0.3, 0.4) is 0 Å². The second-order valence-electron chi connectivity index (χ2n) is 7.06. The van der Waals surface area contributed by atoms with Crippen molar-refractivity contribution in [3.63, 3.8) is 0 Å². The van der Waals surface area contributed by atoms with E-state index in [0.717, 1.165) is 18.9 Å². The topological polar surface area (TPSA) is 35.2 Å². The Labute approximate surface area is 107 Å². The quantitative estimate of drug-likeness (QED) is 0.816. The Morgan fingerprint density at radius 3 is 2.24 bits per heavy atom. The van der Waals surface area contributed by atoms with Gasteiger partial charge in [0.2, 0.25) is 0 Å². The lowest BCUT2D eigenvalue weighted by molar-refractivity contribution is 0.0884. The number of hydrogen-bond donors (Lipinski definition) is 1. The molecule has 1 aliphatic rings. The van der Waals surface area contributed by atoms with Gasteiger partial charge in [-0.05, 0) is 49.4 Å². The SMILES string of the molecule is COCCC(C)C1(N)CCC(C(C)(C)C)CC1. The monoisotopic (exact) mass is 241 g/mol. The molecule has 17 heavy (non-hydrogen) atoms. The van der Waals surface area contributed by atoms with Crippen LogP contribution in [0.5, 0.6) is 0 Å². The van der Waals surface area contributed by atoms with E-state index >= 15 is 0 Å². The van der Waals surface area contributed by atoms with E-state index in [1.807, 2.05) is 0 Å². The molecule has 0 aliphatic heterocycles. The summed E-state index contributed by atoms with van der Waals surface area (Å²) < 4.78 is 5.17. The lowest BCUT2D eigenvalue weighted by atomic mass is 9.64. The van der Waals surface area contributed by atoms with Crippen LogP contribution in [0.1, 0.15) is 59.8 Å². The first-order chi connectivity index (χ1) is 7.79. The largest absolute Gasteiger partial charge is 0.385 e. The summed E-state index contributed by atoms with van der Waals surface area (Å²) in [5.41, 5.74) is 7.09. The van der Waals surface area contributed by atoms with E-state index in [1.54, 1.807) is 7.11 Å². The van der Waals surface area contributed by atoms with E-state index in [4.69, 9.17) is 10.5 Å². The van der Waals surface area contributed by atoms with Crippen molar-refractivity contribution in [1.29, 1.82) is 0 Å². The zero-order valence-electron chi connectivity index (χ0n) is 12.4. The molecule has 0 amide bonds. The van der Waals surface area contributed by atoms with Crippen molar-refractivity contribution in [3.05, 3.63) is 0 Å². The molecule has 0 bridgehead atoms. The predicted molar refractivity (Wildman–Crippen MR) is 74.0 cm³/mol. The molecule has 0 heterocycles. The van der Waals surface area contributed by atoms with Crippen LogP contribution >= 0.6 is 0 Å². The third-order valence-electron chi connectivity index (χ3n) is 4.88. The summed E-state index contributed by atoms with van der Waals surface area (Å²) in [6.45, 7) is 10.2. The van der Waals surface area contributed by atoms with Crippen LogP contribution in [-0.4, -0.2) is 19.3 Å². The third kappa shape index (κ3) is 3.96. The molecule has 0 aromatic rings. The predicted octanol–water partition coefficient (Wildman–Crippen LogP) is 3.59. The molecule has 1 atom stereocenters. The second kappa shape index (κ2) is 5.71. The van der Waals surface area contributed by atoms with Gasteiger partial charge in [0.15, 0.2) is 0 Å². The van der Waals surface area contributed by atoms with E-state index in [1.165, 1.54) is 25.7 Å². The maximum absolute atomic E-state index is 6.59. The summed E-state index contributed by atoms with van der Waals surface area (Å²) in [6, 6.07) is 0. The van der Waals surface area contributed by atoms with Crippen LogP contribution in [0.2, 0.25) is 0 Å². The van der Waals surface area contributed by atoms with Gasteiger partial charge in [0.1, 0.15) is 0 Å². The van der Waals surface area contributed by atoms with Crippen molar-refractivity contribution in [3.8, 4) is 0 Å². The summed E-state index contributed by atoms with van der Waals surface area (Å²) in [5, 5.41) is 0. The summed E-state index contributed by atoms with van der Waals surface area (Å²) >= 11 is 0. The summed E-state index contributed by atoms with van der Waals surface area (Å²) in [6.07, 6.45) is 6.03. The van der Waals surface area contributed by atoms with Crippen molar-refractivity contribution >= 4 is 0 Å². The van der Waals surface area contributed by atoms with Gasteiger partial charge in [-0.3, -0.25) is 0 Å². The number of nitrogens with two attached hydrogens (primary N) is 1. The van der Waals surface area contributed by atoms with Crippen molar-refractivity contribution in [2.24, 2.45) is 23.0 Å². The average molecular weight is 241 g/mol.